The van der Waals surface area contributed by atoms with Crippen LogP contribution in [0.1, 0.15) is 36.1 Å². The number of hydrogen-bond donors (Lipinski definition) is 0. The first kappa shape index (κ1) is 61.7. The molecule has 0 N–H and O–H groups in total. The summed E-state index contributed by atoms with van der Waals surface area (Å²) in [6, 6.07) is 94.3. The van der Waals surface area contributed by atoms with Crippen LogP contribution in [0.2, 0.25) is 0 Å². The van der Waals surface area contributed by atoms with Crippen LogP contribution in [0.4, 0.5) is 68.2 Å². The first-order valence-electron chi connectivity index (χ1n) is 31.9. The average Bonchev–Trinajstić information content (AvgIpc) is 1.50. The Labute approximate surface area is 561 Å². The van der Waals surface area contributed by atoms with Gasteiger partial charge in [-0.15, -0.1) is 0 Å². The van der Waals surface area contributed by atoms with Crippen LogP contribution in [-0.4, -0.2) is 56.9 Å². The fourth-order valence-corrected chi connectivity index (χ4v) is 14.3. The van der Waals surface area contributed by atoms with Crippen molar-refractivity contribution in [3.63, 3.8) is 0 Å². The molecular weight excluding hydrogens is 1190 g/mol. The summed E-state index contributed by atoms with van der Waals surface area (Å²) in [4.78, 5) is 9.28. The second kappa shape index (κ2) is 25.6. The smallest absolute Gasteiger partial charge is 0.119 e. The van der Waals surface area contributed by atoms with Gasteiger partial charge in [0.1, 0.15) is 46.0 Å². The highest BCUT2D eigenvalue weighted by molar-refractivity contribution is 5.95. The first-order valence-corrected chi connectivity index (χ1v) is 31.9. The molecule has 0 bridgehead atoms. The SMILES string of the molecule is COc1ccc(N(c2ccc(OC)cc2)c2ccc3c(c2)C(C)(C2(C)c4cc(N(c5ccc(OC)cc5)c5ccc(OC)cc5)ccc4-c4ccc(N(c5ccc(OC)cc5)c5ccc(OC)cc5)cc42)c2cc(N(c4ccc(OC)cc4)c4ccc(OC)cc4)ccc2-3)cc1. The lowest BCUT2D eigenvalue weighted by atomic mass is 9.56. The summed E-state index contributed by atoms with van der Waals surface area (Å²) in [6.07, 6.45) is 0. The highest BCUT2D eigenvalue weighted by Gasteiger charge is 2.58. The van der Waals surface area contributed by atoms with E-state index >= 15 is 0 Å². The summed E-state index contributed by atoms with van der Waals surface area (Å²) in [5, 5.41) is 0. The Hall–Kier alpha value is -11.8. The predicted molar refractivity (Wildman–Crippen MR) is 388 cm³/mol. The number of methoxy groups -OCH3 is 8. The molecule has 2 aliphatic rings. The van der Waals surface area contributed by atoms with E-state index in [0.29, 0.717) is 0 Å². The van der Waals surface area contributed by atoms with Crippen LogP contribution >= 0.6 is 0 Å². The largest absolute Gasteiger partial charge is 0.497 e. The summed E-state index contributed by atoms with van der Waals surface area (Å²) in [7, 11) is 13.6. The second-order valence-electron chi connectivity index (χ2n) is 24.1. The van der Waals surface area contributed by atoms with Gasteiger partial charge in [-0.05, 0) is 287 Å². The highest BCUT2D eigenvalue weighted by Crippen LogP contribution is 2.67. The molecule has 0 radical (unpaired) electrons. The zero-order chi connectivity index (χ0) is 66.2. The molecule has 0 heterocycles. The number of fused-ring (bicyclic) bond motifs is 6. The Balaban J connectivity index is 1.07. The molecule has 0 spiro atoms. The summed E-state index contributed by atoms with van der Waals surface area (Å²) in [5.41, 5.74) is 19.0. The van der Waals surface area contributed by atoms with E-state index in [4.69, 9.17) is 37.9 Å². The fraction of sp³-hybridized carbons (Fsp3) is 0.143. The second-order valence-corrected chi connectivity index (χ2v) is 24.1. The molecule has 0 saturated heterocycles. The van der Waals surface area contributed by atoms with E-state index in [2.05, 4.69) is 203 Å². The molecule has 0 aromatic heterocycles. The van der Waals surface area contributed by atoms with Crippen molar-refractivity contribution >= 4 is 68.2 Å². The van der Waals surface area contributed by atoms with E-state index in [-0.39, 0.29) is 0 Å². The molecule has 12 aromatic rings. The lowest BCUT2D eigenvalue weighted by Crippen LogP contribution is -2.44. The van der Waals surface area contributed by atoms with E-state index in [1.807, 2.05) is 97.1 Å². The van der Waals surface area contributed by atoms with Crippen LogP contribution < -0.4 is 57.5 Å². The third-order valence-electron chi connectivity index (χ3n) is 19.4. The van der Waals surface area contributed by atoms with Crippen LogP contribution in [0, 0.1) is 0 Å². The molecule has 0 atom stereocenters. The molecule has 12 nitrogen and oxygen atoms in total. The normalized spacial score (nSPS) is 12.6. The van der Waals surface area contributed by atoms with Crippen LogP contribution in [0.5, 0.6) is 46.0 Å². The van der Waals surface area contributed by atoms with E-state index in [1.165, 1.54) is 0 Å². The molecule has 0 fully saturated rings. The maximum atomic E-state index is 5.75. The molecule has 2 aliphatic carbocycles. The first-order chi connectivity index (χ1) is 46.9. The zero-order valence-corrected chi connectivity index (χ0v) is 55.5. The summed E-state index contributed by atoms with van der Waals surface area (Å²) < 4.78 is 46.0. The van der Waals surface area contributed by atoms with Crippen molar-refractivity contribution in [2.24, 2.45) is 0 Å². The van der Waals surface area contributed by atoms with Crippen molar-refractivity contribution in [1.82, 2.24) is 0 Å². The zero-order valence-electron chi connectivity index (χ0n) is 55.5. The molecule has 0 amide bonds. The molecular formula is C84H74N4O8. The molecule has 0 aliphatic heterocycles. The van der Waals surface area contributed by atoms with Gasteiger partial charge >= 0.3 is 0 Å². The third-order valence-corrected chi connectivity index (χ3v) is 19.4. The number of ether oxygens (including phenoxy) is 8. The Bertz CT molecular complexity index is 3960. The monoisotopic (exact) mass is 1270 g/mol. The van der Waals surface area contributed by atoms with Crippen molar-refractivity contribution in [1.29, 1.82) is 0 Å². The van der Waals surface area contributed by atoms with Crippen molar-refractivity contribution < 1.29 is 37.9 Å². The third kappa shape index (κ3) is 10.7. The van der Waals surface area contributed by atoms with Crippen molar-refractivity contribution in [2.45, 2.75) is 24.7 Å². The van der Waals surface area contributed by atoms with E-state index < -0.39 is 10.8 Å². The topological polar surface area (TPSA) is 86.8 Å². The van der Waals surface area contributed by atoms with Crippen molar-refractivity contribution in [3.8, 4) is 68.2 Å². The lowest BCUT2D eigenvalue weighted by molar-refractivity contribution is 0.376. The quantitative estimate of drug-likeness (QED) is 0.0687. The maximum absolute atomic E-state index is 5.75. The number of hydrogen-bond acceptors (Lipinski definition) is 12. The summed E-state index contributed by atoms with van der Waals surface area (Å²) in [6.45, 7) is 4.96. The molecule has 96 heavy (non-hydrogen) atoms. The number of rotatable bonds is 21. The Kier molecular flexibility index (Phi) is 16.5. The van der Waals surface area contributed by atoms with Gasteiger partial charge in [-0.25, -0.2) is 0 Å². The average molecular weight is 1270 g/mol. The van der Waals surface area contributed by atoms with Gasteiger partial charge in [0.05, 0.1) is 56.9 Å². The van der Waals surface area contributed by atoms with Gasteiger partial charge in [0.25, 0.3) is 0 Å². The maximum Gasteiger partial charge on any atom is 0.119 e. The Morgan fingerprint density at radius 3 is 0.427 bits per heavy atom. The van der Waals surface area contributed by atoms with Gasteiger partial charge < -0.3 is 57.5 Å². The van der Waals surface area contributed by atoms with Crippen molar-refractivity contribution in [2.75, 3.05) is 76.5 Å². The molecule has 14 rings (SSSR count). The number of anilines is 12. The predicted octanol–water partition coefficient (Wildman–Crippen LogP) is 20.9. The highest BCUT2D eigenvalue weighted by atomic mass is 16.5. The van der Waals surface area contributed by atoms with Crippen LogP contribution in [0.15, 0.2) is 267 Å². The van der Waals surface area contributed by atoms with E-state index in [9.17, 15) is 0 Å². The number of nitrogens with zero attached hydrogens (tertiary/aromatic N) is 4. The Morgan fingerprint density at radius 1 is 0.177 bits per heavy atom. The molecule has 12 aromatic carbocycles. The van der Waals surface area contributed by atoms with Crippen LogP contribution in [0.3, 0.4) is 0 Å². The molecule has 478 valence electrons. The molecule has 12 heteroatoms. The fourth-order valence-electron chi connectivity index (χ4n) is 14.3. The summed E-state index contributed by atoms with van der Waals surface area (Å²) >= 11 is 0. The molecule has 0 unspecified atom stereocenters. The number of benzene rings is 12. The van der Waals surface area contributed by atoms with Gasteiger partial charge in [-0.1, -0.05) is 38.1 Å². The minimum absolute atomic E-state index is 0.764. The van der Waals surface area contributed by atoms with E-state index in [1.54, 1.807) is 56.9 Å². The minimum Gasteiger partial charge on any atom is -0.497 e. The van der Waals surface area contributed by atoms with Gasteiger partial charge in [0, 0.05) is 79.1 Å². The van der Waals surface area contributed by atoms with Crippen molar-refractivity contribution in [3.05, 3.63) is 289 Å². The van der Waals surface area contributed by atoms with Crippen LogP contribution in [0.25, 0.3) is 22.3 Å². The lowest BCUT2D eigenvalue weighted by Gasteiger charge is -2.46. The minimum atomic E-state index is -0.881. The summed E-state index contributed by atoms with van der Waals surface area (Å²) in [5.74, 6) is 6.11. The van der Waals surface area contributed by atoms with E-state index in [0.717, 1.165) is 159 Å². The van der Waals surface area contributed by atoms with Gasteiger partial charge in [0.15, 0.2) is 0 Å². The van der Waals surface area contributed by atoms with Gasteiger partial charge in [-0.2, -0.15) is 0 Å². The molecule has 0 saturated carbocycles. The Morgan fingerprint density at radius 2 is 0.302 bits per heavy atom. The van der Waals surface area contributed by atoms with Gasteiger partial charge in [-0.3, -0.25) is 0 Å². The standard InChI is InChI=1S/C84H74N4O8/c1-83(79-51-63(85(55-11-31-67(89-3)32-12-55)56-13-33-68(90-4)34-14-56)27-47-75(79)76-48-28-64(52-80(76)83)86(57-15-35-69(91-5)36-16-57)58-17-37-70(92-6)38-18-58)84(2)81-53-65(87(59-19-39-71(93-7)40-20-59)60-21-41-72(94-8)42-22-60)29-49-77(81)78-50-30-66(54-82(78)84)88(61-23-43-73(95-9)44-24-61)62-25-45-74(96-10)46-26-62/h11-54H,1-10H3. The van der Waals surface area contributed by atoms with Crippen LogP contribution in [-0.2, 0) is 10.8 Å². The van der Waals surface area contributed by atoms with Gasteiger partial charge in [0.2, 0.25) is 0 Å².